The van der Waals surface area contributed by atoms with Crippen molar-refractivity contribution in [3.05, 3.63) is 41.2 Å². The molecule has 0 aliphatic carbocycles. The zero-order valence-corrected chi connectivity index (χ0v) is 10.8. The first-order chi connectivity index (χ1) is 8.22. The highest BCUT2D eigenvalue weighted by Crippen LogP contribution is 2.22. The summed E-state index contributed by atoms with van der Waals surface area (Å²) in [6.07, 6.45) is 2.90. The lowest BCUT2D eigenvalue weighted by atomic mass is 10.2. The Morgan fingerprint density at radius 2 is 2.24 bits per heavy atom. The maximum Gasteiger partial charge on any atom is 0.139 e. The number of imidazole rings is 1. The summed E-state index contributed by atoms with van der Waals surface area (Å²) in [5.41, 5.74) is 2.27. The van der Waals surface area contributed by atoms with Gasteiger partial charge in [0.25, 0.3) is 0 Å². The third-order valence-electron chi connectivity index (χ3n) is 2.80. The Bertz CT molecular complexity index is 505. The minimum absolute atomic E-state index is 0.738. The van der Waals surface area contributed by atoms with Crippen molar-refractivity contribution in [1.82, 2.24) is 14.9 Å². The predicted molar refractivity (Wildman–Crippen MR) is 71.3 cm³/mol. The average Bonchev–Trinajstić information content (AvgIpc) is 2.68. The predicted octanol–water partition coefficient (Wildman–Crippen LogP) is 2.50. The molecule has 0 spiro atoms. The third-order valence-corrected chi connectivity index (χ3v) is 3.03. The fraction of sp³-hybridized carbons (Fsp3) is 0.308. The lowest BCUT2D eigenvalue weighted by Crippen LogP contribution is -2.12. The number of aromatic nitrogens is 2. The van der Waals surface area contributed by atoms with E-state index in [1.165, 1.54) is 5.69 Å². The Labute approximate surface area is 106 Å². The molecule has 17 heavy (non-hydrogen) atoms. The fourth-order valence-corrected chi connectivity index (χ4v) is 2.02. The maximum absolute atomic E-state index is 5.99. The molecule has 0 unspecified atom stereocenters. The van der Waals surface area contributed by atoms with Crippen LogP contribution in [0.4, 0.5) is 0 Å². The number of hydrogen-bond acceptors (Lipinski definition) is 2. The van der Waals surface area contributed by atoms with Gasteiger partial charge < -0.3 is 9.88 Å². The highest BCUT2D eigenvalue weighted by molar-refractivity contribution is 6.30. The van der Waals surface area contributed by atoms with E-state index in [1.54, 1.807) is 0 Å². The van der Waals surface area contributed by atoms with Crippen molar-refractivity contribution in [2.45, 2.75) is 6.42 Å². The SMILES string of the molecule is CNCCc1cnc(-c2cccc(Cl)c2)n1C. The minimum Gasteiger partial charge on any atom is -0.331 e. The molecule has 0 bridgehead atoms. The molecule has 0 saturated heterocycles. The van der Waals surface area contributed by atoms with Gasteiger partial charge in [-0.25, -0.2) is 4.98 Å². The van der Waals surface area contributed by atoms with E-state index in [-0.39, 0.29) is 0 Å². The van der Waals surface area contributed by atoms with Crippen molar-refractivity contribution in [1.29, 1.82) is 0 Å². The van der Waals surface area contributed by atoms with Gasteiger partial charge in [-0.15, -0.1) is 0 Å². The number of rotatable bonds is 4. The Morgan fingerprint density at radius 1 is 1.41 bits per heavy atom. The van der Waals surface area contributed by atoms with Crippen LogP contribution in [0.1, 0.15) is 5.69 Å². The maximum atomic E-state index is 5.99. The molecule has 4 heteroatoms. The van der Waals surface area contributed by atoms with Crippen LogP contribution in [-0.2, 0) is 13.5 Å². The first kappa shape index (κ1) is 12.1. The number of likely N-dealkylation sites (N-methyl/N-ethyl adjacent to an activating group) is 1. The van der Waals surface area contributed by atoms with Gasteiger partial charge in [0.15, 0.2) is 0 Å². The Balaban J connectivity index is 2.30. The normalized spacial score (nSPS) is 10.8. The van der Waals surface area contributed by atoms with E-state index in [9.17, 15) is 0 Å². The zero-order valence-electron chi connectivity index (χ0n) is 10.1. The molecule has 2 rings (SSSR count). The number of halogens is 1. The van der Waals surface area contributed by atoms with Crippen molar-refractivity contribution in [3.63, 3.8) is 0 Å². The lowest BCUT2D eigenvalue weighted by molar-refractivity contribution is 0.740. The second-order valence-electron chi connectivity index (χ2n) is 4.00. The van der Waals surface area contributed by atoms with Gasteiger partial charge >= 0.3 is 0 Å². The van der Waals surface area contributed by atoms with Gasteiger partial charge in [-0.3, -0.25) is 0 Å². The summed E-state index contributed by atoms with van der Waals surface area (Å²) in [6, 6.07) is 7.78. The van der Waals surface area contributed by atoms with E-state index in [4.69, 9.17) is 11.6 Å². The molecule has 0 saturated carbocycles. The summed E-state index contributed by atoms with van der Waals surface area (Å²) in [5, 5.41) is 3.88. The molecule has 1 aromatic carbocycles. The standard InChI is InChI=1S/C13H16ClN3/c1-15-7-6-12-9-16-13(17(12)2)10-4-3-5-11(14)8-10/h3-5,8-9,15H,6-7H2,1-2H3. The van der Waals surface area contributed by atoms with Crippen LogP contribution in [0, 0.1) is 0 Å². The fourth-order valence-electron chi connectivity index (χ4n) is 1.83. The van der Waals surface area contributed by atoms with Crippen molar-refractivity contribution >= 4 is 11.6 Å². The van der Waals surface area contributed by atoms with Crippen molar-refractivity contribution in [3.8, 4) is 11.4 Å². The molecule has 1 aromatic heterocycles. The molecule has 0 amide bonds. The Morgan fingerprint density at radius 3 is 2.94 bits per heavy atom. The van der Waals surface area contributed by atoms with Crippen LogP contribution in [0.15, 0.2) is 30.5 Å². The summed E-state index contributed by atoms with van der Waals surface area (Å²) in [4.78, 5) is 4.46. The van der Waals surface area contributed by atoms with E-state index in [2.05, 4.69) is 14.9 Å². The van der Waals surface area contributed by atoms with E-state index in [0.717, 1.165) is 29.4 Å². The average molecular weight is 250 g/mol. The van der Waals surface area contributed by atoms with Gasteiger partial charge in [0, 0.05) is 42.5 Å². The first-order valence-electron chi connectivity index (χ1n) is 5.63. The molecule has 1 heterocycles. The van der Waals surface area contributed by atoms with Gasteiger partial charge in [0.2, 0.25) is 0 Å². The topological polar surface area (TPSA) is 29.9 Å². The number of hydrogen-bond donors (Lipinski definition) is 1. The van der Waals surface area contributed by atoms with Crippen LogP contribution >= 0.6 is 11.6 Å². The Hall–Kier alpha value is -1.32. The lowest BCUT2D eigenvalue weighted by Gasteiger charge is -2.06. The second-order valence-corrected chi connectivity index (χ2v) is 4.43. The van der Waals surface area contributed by atoms with Crippen molar-refractivity contribution in [2.24, 2.45) is 7.05 Å². The summed E-state index contributed by atoms with van der Waals surface area (Å²) in [5.74, 6) is 0.957. The van der Waals surface area contributed by atoms with E-state index in [1.807, 2.05) is 44.6 Å². The quantitative estimate of drug-likeness (QED) is 0.902. The second kappa shape index (κ2) is 5.34. The molecule has 3 nitrogen and oxygen atoms in total. The molecule has 0 atom stereocenters. The molecule has 1 N–H and O–H groups in total. The van der Waals surface area contributed by atoms with Crippen molar-refractivity contribution in [2.75, 3.05) is 13.6 Å². The van der Waals surface area contributed by atoms with Crippen LogP contribution < -0.4 is 5.32 Å². The highest BCUT2D eigenvalue weighted by Gasteiger charge is 2.08. The van der Waals surface area contributed by atoms with Gasteiger partial charge in [-0.1, -0.05) is 23.7 Å². The van der Waals surface area contributed by atoms with E-state index < -0.39 is 0 Å². The summed E-state index contributed by atoms with van der Waals surface area (Å²) < 4.78 is 2.11. The molecule has 0 aliphatic heterocycles. The molecular weight excluding hydrogens is 234 g/mol. The molecule has 2 aromatic rings. The van der Waals surface area contributed by atoms with Crippen LogP contribution in [0.2, 0.25) is 5.02 Å². The first-order valence-corrected chi connectivity index (χ1v) is 6.01. The third kappa shape index (κ3) is 2.68. The zero-order chi connectivity index (χ0) is 12.3. The van der Waals surface area contributed by atoms with E-state index in [0.29, 0.717) is 0 Å². The van der Waals surface area contributed by atoms with E-state index >= 15 is 0 Å². The highest BCUT2D eigenvalue weighted by atomic mass is 35.5. The van der Waals surface area contributed by atoms with Crippen LogP contribution in [0.3, 0.4) is 0 Å². The largest absolute Gasteiger partial charge is 0.331 e. The number of nitrogens with zero attached hydrogens (tertiary/aromatic N) is 2. The van der Waals surface area contributed by atoms with Crippen LogP contribution in [0.5, 0.6) is 0 Å². The number of benzene rings is 1. The molecule has 0 aliphatic rings. The Kier molecular flexibility index (Phi) is 3.82. The summed E-state index contributed by atoms with van der Waals surface area (Å²) in [7, 11) is 3.99. The van der Waals surface area contributed by atoms with Gasteiger partial charge in [-0.2, -0.15) is 0 Å². The van der Waals surface area contributed by atoms with Gasteiger partial charge in [0.1, 0.15) is 5.82 Å². The molecule has 0 fully saturated rings. The smallest absolute Gasteiger partial charge is 0.139 e. The minimum atomic E-state index is 0.738. The van der Waals surface area contributed by atoms with Crippen molar-refractivity contribution < 1.29 is 0 Å². The van der Waals surface area contributed by atoms with Gasteiger partial charge in [0.05, 0.1) is 0 Å². The monoisotopic (exact) mass is 249 g/mol. The number of nitrogens with one attached hydrogen (secondary N) is 1. The summed E-state index contributed by atoms with van der Waals surface area (Å²) >= 11 is 5.99. The molecule has 0 radical (unpaired) electrons. The molecule has 90 valence electrons. The molecular formula is C13H16ClN3. The van der Waals surface area contributed by atoms with Gasteiger partial charge in [-0.05, 0) is 19.2 Å². The summed E-state index contributed by atoms with van der Waals surface area (Å²) in [6.45, 7) is 0.953. The van der Waals surface area contributed by atoms with Crippen LogP contribution in [0.25, 0.3) is 11.4 Å². The van der Waals surface area contributed by atoms with Crippen LogP contribution in [-0.4, -0.2) is 23.1 Å².